The summed E-state index contributed by atoms with van der Waals surface area (Å²) in [5.41, 5.74) is 2.17. The highest BCUT2D eigenvalue weighted by molar-refractivity contribution is 5.94. The van der Waals surface area contributed by atoms with Gasteiger partial charge in [-0.05, 0) is 53.6 Å². The molecule has 1 aromatic heterocycles. The maximum atomic E-state index is 13.2. The van der Waals surface area contributed by atoms with Crippen LogP contribution in [0, 0.1) is 11.6 Å². The normalized spacial score (nSPS) is 10.5. The number of aromatic nitrogens is 1. The predicted molar refractivity (Wildman–Crippen MR) is 91.9 cm³/mol. The molecular weight excluding hydrogens is 322 g/mol. The summed E-state index contributed by atoms with van der Waals surface area (Å²) in [6, 6.07) is 15.2. The molecule has 0 unspecified atom stereocenters. The van der Waals surface area contributed by atoms with Crippen LogP contribution in [0.15, 0.2) is 73.1 Å². The van der Waals surface area contributed by atoms with E-state index in [1.54, 1.807) is 47.6 Å². The first kappa shape index (κ1) is 16.8. The van der Waals surface area contributed by atoms with Crippen LogP contribution < -0.4 is 4.90 Å². The van der Waals surface area contributed by atoms with E-state index in [9.17, 15) is 13.6 Å². The second-order valence-electron chi connectivity index (χ2n) is 5.62. The number of carbonyl (C=O) groups is 1. The minimum Gasteiger partial charge on any atom is -0.308 e. The van der Waals surface area contributed by atoms with Crippen LogP contribution in [0.5, 0.6) is 0 Å². The molecule has 2 aromatic carbocycles. The van der Waals surface area contributed by atoms with Crippen LogP contribution in [0.25, 0.3) is 0 Å². The van der Waals surface area contributed by atoms with Crippen LogP contribution in [0.4, 0.5) is 14.5 Å². The van der Waals surface area contributed by atoms with E-state index in [2.05, 4.69) is 4.98 Å². The third kappa shape index (κ3) is 4.47. The Morgan fingerprint density at radius 2 is 1.52 bits per heavy atom. The molecule has 25 heavy (non-hydrogen) atoms. The minimum absolute atomic E-state index is 0.123. The number of pyridine rings is 1. The molecule has 0 aliphatic heterocycles. The molecule has 0 aliphatic rings. The van der Waals surface area contributed by atoms with Gasteiger partial charge in [0.25, 0.3) is 0 Å². The van der Waals surface area contributed by atoms with Crippen molar-refractivity contribution in [3.63, 3.8) is 0 Å². The minimum atomic E-state index is -0.365. The molecule has 3 rings (SSSR count). The molecular formula is C20H16F2N2O. The van der Waals surface area contributed by atoms with E-state index in [4.69, 9.17) is 0 Å². The van der Waals surface area contributed by atoms with Gasteiger partial charge in [-0.25, -0.2) is 8.78 Å². The molecule has 0 aliphatic carbocycles. The Hall–Kier alpha value is -3.08. The van der Waals surface area contributed by atoms with Gasteiger partial charge in [0, 0.05) is 18.1 Å². The molecule has 1 amide bonds. The zero-order valence-electron chi connectivity index (χ0n) is 13.4. The fourth-order valence-electron chi connectivity index (χ4n) is 2.49. The number of carbonyl (C=O) groups excluding carboxylic acids is 1. The molecule has 0 spiro atoms. The summed E-state index contributed by atoms with van der Waals surface area (Å²) >= 11 is 0. The van der Waals surface area contributed by atoms with E-state index >= 15 is 0 Å². The van der Waals surface area contributed by atoms with Crippen LogP contribution in [-0.2, 0) is 17.8 Å². The Morgan fingerprint density at radius 3 is 2.12 bits per heavy atom. The van der Waals surface area contributed by atoms with Gasteiger partial charge in [0.15, 0.2) is 0 Å². The van der Waals surface area contributed by atoms with Crippen molar-refractivity contribution in [1.29, 1.82) is 0 Å². The molecule has 0 saturated carbocycles. The summed E-state index contributed by atoms with van der Waals surface area (Å²) in [7, 11) is 0. The van der Waals surface area contributed by atoms with Crippen molar-refractivity contribution in [2.45, 2.75) is 13.0 Å². The third-order valence-corrected chi connectivity index (χ3v) is 3.77. The fraction of sp³-hybridized carbons (Fsp3) is 0.100. The molecule has 1 heterocycles. The van der Waals surface area contributed by atoms with E-state index in [1.165, 1.54) is 24.3 Å². The van der Waals surface area contributed by atoms with Crippen LogP contribution in [0.2, 0.25) is 0 Å². The maximum absolute atomic E-state index is 13.2. The average Bonchev–Trinajstić information content (AvgIpc) is 2.63. The number of hydrogen-bond donors (Lipinski definition) is 0. The Balaban J connectivity index is 1.85. The molecule has 3 nitrogen and oxygen atoms in total. The lowest BCUT2D eigenvalue weighted by Gasteiger charge is -2.23. The van der Waals surface area contributed by atoms with Gasteiger partial charge in [-0.2, -0.15) is 0 Å². The monoisotopic (exact) mass is 338 g/mol. The van der Waals surface area contributed by atoms with Gasteiger partial charge in [0.05, 0.1) is 13.0 Å². The van der Waals surface area contributed by atoms with Gasteiger partial charge in [-0.15, -0.1) is 0 Å². The second kappa shape index (κ2) is 7.66. The summed E-state index contributed by atoms with van der Waals surface area (Å²) < 4.78 is 26.2. The van der Waals surface area contributed by atoms with Crippen molar-refractivity contribution in [2.24, 2.45) is 0 Å². The van der Waals surface area contributed by atoms with E-state index in [0.717, 1.165) is 5.56 Å². The zero-order valence-corrected chi connectivity index (χ0v) is 13.4. The highest BCUT2D eigenvalue weighted by atomic mass is 19.1. The van der Waals surface area contributed by atoms with Gasteiger partial charge in [-0.3, -0.25) is 9.78 Å². The molecule has 0 bridgehead atoms. The maximum Gasteiger partial charge on any atom is 0.231 e. The predicted octanol–water partition coefficient (Wildman–Crippen LogP) is 4.14. The Kier molecular flexibility index (Phi) is 5.14. The van der Waals surface area contributed by atoms with Crippen LogP contribution in [0.1, 0.15) is 11.1 Å². The number of benzene rings is 2. The summed E-state index contributed by atoms with van der Waals surface area (Å²) in [6.07, 6.45) is 3.46. The smallest absolute Gasteiger partial charge is 0.231 e. The molecule has 0 saturated heterocycles. The topological polar surface area (TPSA) is 33.2 Å². The molecule has 0 atom stereocenters. The molecule has 3 aromatic rings. The van der Waals surface area contributed by atoms with Gasteiger partial charge in [0.1, 0.15) is 11.6 Å². The van der Waals surface area contributed by atoms with E-state index in [0.29, 0.717) is 17.8 Å². The highest BCUT2D eigenvalue weighted by Crippen LogP contribution is 2.19. The second-order valence-corrected chi connectivity index (χ2v) is 5.62. The van der Waals surface area contributed by atoms with Crippen molar-refractivity contribution in [3.8, 4) is 0 Å². The van der Waals surface area contributed by atoms with Gasteiger partial charge < -0.3 is 4.90 Å². The van der Waals surface area contributed by atoms with Gasteiger partial charge in [-0.1, -0.05) is 18.2 Å². The standard InChI is InChI=1S/C20H16F2N2O/c21-17-5-3-15(4-6-17)12-20(25)24(14-16-2-1-11-23-13-16)19-9-7-18(22)8-10-19/h1-11,13H,12,14H2. The van der Waals surface area contributed by atoms with Crippen molar-refractivity contribution < 1.29 is 13.6 Å². The summed E-state index contributed by atoms with van der Waals surface area (Å²) in [5.74, 6) is -0.875. The number of rotatable bonds is 5. The molecule has 0 radical (unpaired) electrons. The van der Waals surface area contributed by atoms with E-state index < -0.39 is 0 Å². The molecule has 0 N–H and O–H groups in total. The quantitative estimate of drug-likeness (QED) is 0.701. The highest BCUT2D eigenvalue weighted by Gasteiger charge is 2.17. The number of hydrogen-bond acceptors (Lipinski definition) is 2. The van der Waals surface area contributed by atoms with Crippen LogP contribution >= 0.6 is 0 Å². The van der Waals surface area contributed by atoms with E-state index in [-0.39, 0.29) is 24.0 Å². The number of nitrogens with zero attached hydrogens (tertiary/aromatic N) is 2. The molecule has 0 fully saturated rings. The van der Waals surface area contributed by atoms with E-state index in [1.807, 2.05) is 6.07 Å². The first-order valence-corrected chi connectivity index (χ1v) is 7.81. The van der Waals surface area contributed by atoms with Crippen molar-refractivity contribution >= 4 is 11.6 Å². The Bertz CT molecular complexity index is 834. The summed E-state index contributed by atoms with van der Waals surface area (Å²) in [5, 5.41) is 0. The van der Waals surface area contributed by atoms with Gasteiger partial charge >= 0.3 is 0 Å². The molecule has 5 heteroatoms. The van der Waals surface area contributed by atoms with Crippen LogP contribution in [0.3, 0.4) is 0 Å². The first-order chi connectivity index (χ1) is 12.1. The number of amides is 1. The Labute approximate surface area is 144 Å². The number of anilines is 1. The summed E-state index contributed by atoms with van der Waals surface area (Å²) in [4.78, 5) is 18.4. The average molecular weight is 338 g/mol. The van der Waals surface area contributed by atoms with Crippen molar-refractivity contribution in [3.05, 3.63) is 95.8 Å². The largest absolute Gasteiger partial charge is 0.308 e. The Morgan fingerprint density at radius 1 is 0.880 bits per heavy atom. The zero-order chi connectivity index (χ0) is 17.6. The lowest BCUT2D eigenvalue weighted by molar-refractivity contribution is -0.118. The fourth-order valence-corrected chi connectivity index (χ4v) is 2.49. The van der Waals surface area contributed by atoms with Crippen LogP contribution in [-0.4, -0.2) is 10.9 Å². The molecule has 126 valence electrons. The lowest BCUT2D eigenvalue weighted by Crippen LogP contribution is -2.31. The van der Waals surface area contributed by atoms with Crippen molar-refractivity contribution in [1.82, 2.24) is 4.98 Å². The van der Waals surface area contributed by atoms with Gasteiger partial charge in [0.2, 0.25) is 5.91 Å². The third-order valence-electron chi connectivity index (χ3n) is 3.77. The number of halogens is 2. The summed E-state index contributed by atoms with van der Waals surface area (Å²) in [6.45, 7) is 0.319. The first-order valence-electron chi connectivity index (χ1n) is 7.81. The SMILES string of the molecule is O=C(Cc1ccc(F)cc1)N(Cc1cccnc1)c1ccc(F)cc1. The lowest BCUT2D eigenvalue weighted by atomic mass is 10.1. The van der Waals surface area contributed by atoms with Crippen molar-refractivity contribution in [2.75, 3.05) is 4.90 Å².